The minimum atomic E-state index is -1.05. The van der Waals surface area contributed by atoms with Crippen molar-refractivity contribution in [3.63, 3.8) is 0 Å². The number of aryl methyl sites for hydroxylation is 1. The zero-order chi connectivity index (χ0) is 10.1. The second-order valence-electron chi connectivity index (χ2n) is 2.61. The first-order valence-corrected chi connectivity index (χ1v) is 4.60. The number of hydrogen-bond donors (Lipinski definition) is 1. The molecule has 14 heavy (non-hydrogen) atoms. The van der Waals surface area contributed by atoms with Crippen LogP contribution in [-0.2, 0) is 7.05 Å². The van der Waals surface area contributed by atoms with Crippen LogP contribution in [0.4, 0.5) is 0 Å². The molecule has 0 aliphatic heterocycles. The number of rotatable bonds is 2. The summed E-state index contributed by atoms with van der Waals surface area (Å²) < 4.78 is 1.51. The van der Waals surface area contributed by atoms with Gasteiger partial charge in [-0.1, -0.05) is 5.21 Å². The van der Waals surface area contributed by atoms with Crippen molar-refractivity contribution < 1.29 is 9.90 Å². The Labute approximate surface area is 82.8 Å². The lowest BCUT2D eigenvalue weighted by Gasteiger charge is -1.90. The molecule has 0 spiro atoms. The summed E-state index contributed by atoms with van der Waals surface area (Å²) in [6.07, 6.45) is 1.65. The van der Waals surface area contributed by atoms with Crippen molar-refractivity contribution in [2.75, 3.05) is 0 Å². The molecule has 2 heterocycles. The van der Waals surface area contributed by atoms with Gasteiger partial charge >= 0.3 is 5.97 Å². The summed E-state index contributed by atoms with van der Waals surface area (Å²) in [7, 11) is 1.72. The molecule has 0 aromatic carbocycles. The van der Waals surface area contributed by atoms with Gasteiger partial charge in [-0.3, -0.25) is 4.68 Å². The van der Waals surface area contributed by atoms with Crippen molar-refractivity contribution in [2.45, 2.75) is 0 Å². The lowest BCUT2D eigenvalue weighted by Crippen LogP contribution is -1.98. The summed E-state index contributed by atoms with van der Waals surface area (Å²) in [4.78, 5) is 15.0. The minimum Gasteiger partial charge on any atom is -0.476 e. The van der Waals surface area contributed by atoms with Crippen molar-refractivity contribution >= 4 is 17.3 Å². The van der Waals surface area contributed by atoms with Crippen LogP contribution in [0.5, 0.6) is 0 Å². The molecule has 2 aromatic heterocycles. The number of aromatic carboxylic acids is 1. The summed E-state index contributed by atoms with van der Waals surface area (Å²) >= 11 is 1.24. The Bertz CT molecular complexity index is 475. The highest BCUT2D eigenvalue weighted by molar-refractivity contribution is 7.13. The molecule has 2 aromatic rings. The second-order valence-corrected chi connectivity index (χ2v) is 3.47. The summed E-state index contributed by atoms with van der Waals surface area (Å²) in [5.74, 6) is -1.05. The molecular formula is C7H6N4O2S. The van der Waals surface area contributed by atoms with E-state index in [4.69, 9.17) is 5.11 Å². The molecule has 0 aliphatic rings. The Morgan fingerprint density at radius 3 is 3.00 bits per heavy atom. The quantitative estimate of drug-likeness (QED) is 0.786. The van der Waals surface area contributed by atoms with Gasteiger partial charge in [0, 0.05) is 7.05 Å². The van der Waals surface area contributed by atoms with Gasteiger partial charge in [-0.05, 0) is 0 Å². The van der Waals surface area contributed by atoms with Crippen LogP contribution in [0.25, 0.3) is 10.6 Å². The summed E-state index contributed by atoms with van der Waals surface area (Å²) in [5, 5.41) is 16.4. The average Bonchev–Trinajstić information content (AvgIpc) is 2.70. The van der Waals surface area contributed by atoms with Crippen LogP contribution in [0.15, 0.2) is 11.7 Å². The molecule has 0 aliphatic carbocycles. The van der Waals surface area contributed by atoms with E-state index in [1.807, 2.05) is 0 Å². The van der Waals surface area contributed by atoms with Crippen molar-refractivity contribution in [3.05, 3.63) is 17.4 Å². The fourth-order valence-corrected chi connectivity index (χ4v) is 1.76. The third-order valence-electron chi connectivity index (χ3n) is 1.61. The van der Waals surface area contributed by atoms with E-state index in [2.05, 4.69) is 15.3 Å². The van der Waals surface area contributed by atoms with Gasteiger partial charge in [-0.15, -0.1) is 16.4 Å². The topological polar surface area (TPSA) is 80.9 Å². The van der Waals surface area contributed by atoms with Crippen LogP contribution in [-0.4, -0.2) is 31.1 Å². The smallest absolute Gasteiger partial charge is 0.356 e. The van der Waals surface area contributed by atoms with Gasteiger partial charge in [-0.2, -0.15) is 0 Å². The second kappa shape index (κ2) is 3.18. The maximum Gasteiger partial charge on any atom is 0.356 e. The number of carbonyl (C=O) groups is 1. The first-order valence-electron chi connectivity index (χ1n) is 3.72. The van der Waals surface area contributed by atoms with E-state index in [0.717, 1.165) is 0 Å². The van der Waals surface area contributed by atoms with E-state index in [1.165, 1.54) is 21.5 Å². The predicted molar refractivity (Wildman–Crippen MR) is 49.1 cm³/mol. The minimum absolute atomic E-state index is 0.0236. The number of thiazole rings is 1. The predicted octanol–water partition coefficient (Wildman–Crippen LogP) is 0.637. The van der Waals surface area contributed by atoms with Crippen LogP contribution in [0.1, 0.15) is 10.5 Å². The Morgan fingerprint density at radius 1 is 1.64 bits per heavy atom. The van der Waals surface area contributed by atoms with Crippen LogP contribution < -0.4 is 0 Å². The van der Waals surface area contributed by atoms with Crippen molar-refractivity contribution in [1.82, 2.24) is 20.0 Å². The largest absolute Gasteiger partial charge is 0.476 e. The molecule has 0 radical (unpaired) electrons. The fraction of sp³-hybridized carbons (Fsp3) is 0.143. The van der Waals surface area contributed by atoms with E-state index in [0.29, 0.717) is 10.6 Å². The molecule has 0 fully saturated rings. The zero-order valence-electron chi connectivity index (χ0n) is 7.21. The summed E-state index contributed by atoms with van der Waals surface area (Å²) in [6.45, 7) is 0. The molecule has 7 heteroatoms. The number of aromatic nitrogens is 4. The molecule has 0 atom stereocenters. The third-order valence-corrected chi connectivity index (χ3v) is 2.45. The number of hydrogen-bond acceptors (Lipinski definition) is 5. The van der Waals surface area contributed by atoms with Crippen LogP contribution >= 0.6 is 11.3 Å². The maximum atomic E-state index is 10.8. The number of carboxylic acid groups (broad SMARTS) is 1. The standard InChI is InChI=1S/C7H6N4O2S/c1-11-2-4(9-10-11)6-5(7(12)13)8-3-14-6/h2-3H,1H3,(H,12,13). The molecule has 0 amide bonds. The molecule has 0 saturated heterocycles. The van der Waals surface area contributed by atoms with Crippen molar-refractivity contribution in [2.24, 2.45) is 7.05 Å². The first kappa shape index (κ1) is 8.82. The Kier molecular flexibility index (Phi) is 2.01. The van der Waals surface area contributed by atoms with Gasteiger partial charge in [0.15, 0.2) is 5.69 Å². The summed E-state index contributed by atoms with van der Waals surface area (Å²) in [5.41, 5.74) is 2.04. The SMILES string of the molecule is Cn1cc(-c2scnc2C(=O)O)nn1. The van der Waals surface area contributed by atoms with Gasteiger partial charge < -0.3 is 5.11 Å². The van der Waals surface area contributed by atoms with E-state index >= 15 is 0 Å². The number of nitrogens with zero attached hydrogens (tertiary/aromatic N) is 4. The fourth-order valence-electron chi connectivity index (χ4n) is 1.03. The van der Waals surface area contributed by atoms with Crippen molar-refractivity contribution in [1.29, 1.82) is 0 Å². The first-order chi connectivity index (χ1) is 6.68. The zero-order valence-corrected chi connectivity index (χ0v) is 8.02. The van der Waals surface area contributed by atoms with E-state index in [-0.39, 0.29) is 5.69 Å². The third kappa shape index (κ3) is 1.37. The monoisotopic (exact) mass is 210 g/mol. The highest BCUT2D eigenvalue weighted by Gasteiger charge is 2.17. The van der Waals surface area contributed by atoms with Gasteiger partial charge in [-0.25, -0.2) is 9.78 Å². The molecule has 6 nitrogen and oxygen atoms in total. The maximum absolute atomic E-state index is 10.8. The van der Waals surface area contributed by atoms with Gasteiger partial charge in [0.25, 0.3) is 0 Å². The average molecular weight is 210 g/mol. The van der Waals surface area contributed by atoms with Crippen LogP contribution in [0, 0.1) is 0 Å². The summed E-state index contributed by atoms with van der Waals surface area (Å²) in [6, 6.07) is 0. The highest BCUT2D eigenvalue weighted by atomic mass is 32.1. The molecular weight excluding hydrogens is 204 g/mol. The molecule has 1 N–H and O–H groups in total. The van der Waals surface area contributed by atoms with Crippen molar-refractivity contribution in [3.8, 4) is 10.6 Å². The lowest BCUT2D eigenvalue weighted by atomic mass is 10.3. The van der Waals surface area contributed by atoms with E-state index in [9.17, 15) is 4.79 Å². The highest BCUT2D eigenvalue weighted by Crippen LogP contribution is 2.24. The molecule has 2 rings (SSSR count). The lowest BCUT2D eigenvalue weighted by molar-refractivity contribution is 0.0692. The normalized spacial score (nSPS) is 10.4. The molecule has 0 bridgehead atoms. The molecule has 72 valence electrons. The van der Waals surface area contributed by atoms with E-state index in [1.54, 1.807) is 13.2 Å². The van der Waals surface area contributed by atoms with Crippen LogP contribution in [0.3, 0.4) is 0 Å². The van der Waals surface area contributed by atoms with Gasteiger partial charge in [0.05, 0.1) is 16.6 Å². The van der Waals surface area contributed by atoms with E-state index < -0.39 is 5.97 Å². The Balaban J connectivity index is 2.51. The van der Waals surface area contributed by atoms with Crippen LogP contribution in [0.2, 0.25) is 0 Å². The Morgan fingerprint density at radius 2 is 2.43 bits per heavy atom. The molecule has 0 saturated carbocycles. The van der Waals surface area contributed by atoms with Gasteiger partial charge in [0.1, 0.15) is 5.69 Å². The van der Waals surface area contributed by atoms with Gasteiger partial charge in [0.2, 0.25) is 0 Å². The Hall–Kier alpha value is -1.76. The number of carboxylic acids is 1. The molecule has 0 unspecified atom stereocenters.